The molecule has 1 N–H and O–H groups in total. The molecule has 28 heavy (non-hydrogen) atoms. The number of thioether (sulfide) groups is 1. The molecule has 0 spiro atoms. The molecule has 1 aliphatic rings. The van der Waals surface area contributed by atoms with Crippen LogP contribution in [0.15, 0.2) is 57.9 Å². The number of allylic oxidation sites excluding steroid dienone is 2. The number of nitrogens with zero attached hydrogens (tertiary/aromatic N) is 1. The first kappa shape index (κ1) is 20.9. The van der Waals surface area contributed by atoms with Gasteiger partial charge in [0.15, 0.2) is 5.78 Å². The molecule has 1 aromatic heterocycles. The summed E-state index contributed by atoms with van der Waals surface area (Å²) in [6, 6.07) is 9.63. The first-order chi connectivity index (χ1) is 13.3. The smallest absolute Gasteiger partial charge is 0.417 e. The summed E-state index contributed by atoms with van der Waals surface area (Å²) in [7, 11) is 0. The van der Waals surface area contributed by atoms with Gasteiger partial charge in [0.2, 0.25) is 0 Å². The Morgan fingerprint density at radius 1 is 1.18 bits per heavy atom. The molecule has 8 heteroatoms. The molecule has 0 saturated heterocycles. The highest BCUT2D eigenvalue weighted by Gasteiger charge is 2.31. The fourth-order valence-corrected chi connectivity index (χ4v) is 4.54. The highest BCUT2D eigenvalue weighted by molar-refractivity contribution is 9.10. The zero-order valence-electron chi connectivity index (χ0n) is 14.7. The minimum absolute atomic E-state index is 0.000635. The van der Waals surface area contributed by atoms with E-state index in [9.17, 15) is 23.1 Å². The topological polar surface area (TPSA) is 50.2 Å². The van der Waals surface area contributed by atoms with E-state index < -0.39 is 11.7 Å². The number of aliphatic hydroxyl groups excluding tert-OH is 1. The van der Waals surface area contributed by atoms with E-state index in [0.717, 1.165) is 16.7 Å². The number of halogens is 4. The van der Waals surface area contributed by atoms with Crippen LogP contribution in [0.5, 0.6) is 0 Å². The summed E-state index contributed by atoms with van der Waals surface area (Å²) in [4.78, 5) is 16.4. The number of aliphatic hydroxyl groups is 1. The third-order valence-corrected chi connectivity index (χ3v) is 6.18. The van der Waals surface area contributed by atoms with E-state index in [1.54, 1.807) is 6.07 Å². The van der Waals surface area contributed by atoms with Gasteiger partial charge in [0, 0.05) is 29.1 Å². The molecule has 3 nitrogen and oxygen atoms in total. The SMILES string of the molecule is O=C1CC(CCSc2ccc(C(F)(F)F)cn2)CC(O)=C1c1ccccc1Br. The third-order valence-electron chi connectivity index (χ3n) is 4.51. The average Bonchev–Trinajstić information content (AvgIpc) is 2.62. The number of carbonyl (C=O) groups excluding carboxylic acids is 1. The van der Waals surface area contributed by atoms with Gasteiger partial charge in [0.25, 0.3) is 0 Å². The summed E-state index contributed by atoms with van der Waals surface area (Å²) in [6.07, 6.45) is -2.17. The Labute approximate surface area is 173 Å². The summed E-state index contributed by atoms with van der Waals surface area (Å²) in [6.45, 7) is 0. The van der Waals surface area contributed by atoms with Gasteiger partial charge in [-0.2, -0.15) is 13.2 Å². The number of benzene rings is 1. The molecule has 1 heterocycles. The quantitative estimate of drug-likeness (QED) is 0.520. The van der Waals surface area contributed by atoms with Crippen LogP contribution in [0.3, 0.4) is 0 Å². The van der Waals surface area contributed by atoms with Gasteiger partial charge in [-0.1, -0.05) is 34.1 Å². The second-order valence-electron chi connectivity index (χ2n) is 6.52. The zero-order chi connectivity index (χ0) is 20.3. The maximum atomic E-state index is 12.6. The fourth-order valence-electron chi connectivity index (χ4n) is 3.11. The molecule has 2 aromatic rings. The molecule has 1 aromatic carbocycles. The van der Waals surface area contributed by atoms with E-state index in [-0.39, 0.29) is 17.5 Å². The predicted molar refractivity (Wildman–Crippen MR) is 106 cm³/mol. The van der Waals surface area contributed by atoms with E-state index in [2.05, 4.69) is 20.9 Å². The van der Waals surface area contributed by atoms with Gasteiger partial charge in [-0.3, -0.25) is 4.79 Å². The number of rotatable bonds is 5. The van der Waals surface area contributed by atoms with E-state index in [1.807, 2.05) is 18.2 Å². The molecule has 0 saturated carbocycles. The van der Waals surface area contributed by atoms with Gasteiger partial charge < -0.3 is 5.11 Å². The third kappa shape index (κ3) is 4.97. The maximum Gasteiger partial charge on any atom is 0.417 e. The van der Waals surface area contributed by atoms with Crippen LogP contribution in [0.25, 0.3) is 5.57 Å². The number of hydrogen-bond donors (Lipinski definition) is 1. The Bertz CT molecular complexity index is 897. The van der Waals surface area contributed by atoms with E-state index in [4.69, 9.17) is 0 Å². The van der Waals surface area contributed by atoms with Gasteiger partial charge in [-0.25, -0.2) is 4.98 Å². The Kier molecular flexibility index (Phi) is 6.50. The average molecular weight is 472 g/mol. The summed E-state index contributed by atoms with van der Waals surface area (Å²) < 4.78 is 38.4. The largest absolute Gasteiger partial charge is 0.512 e. The molecule has 3 rings (SSSR count). The Morgan fingerprint density at radius 2 is 1.93 bits per heavy atom. The van der Waals surface area contributed by atoms with Crippen LogP contribution in [0.2, 0.25) is 0 Å². The molecule has 0 aliphatic heterocycles. The van der Waals surface area contributed by atoms with Crippen molar-refractivity contribution in [1.82, 2.24) is 4.98 Å². The number of aromatic nitrogens is 1. The van der Waals surface area contributed by atoms with Crippen molar-refractivity contribution in [2.24, 2.45) is 5.92 Å². The van der Waals surface area contributed by atoms with Crippen molar-refractivity contribution in [2.75, 3.05) is 5.75 Å². The molecular formula is C20H17BrF3NO2S. The molecule has 1 unspecified atom stereocenters. The lowest BCUT2D eigenvalue weighted by Crippen LogP contribution is -2.19. The highest BCUT2D eigenvalue weighted by atomic mass is 79.9. The van der Waals surface area contributed by atoms with Crippen LogP contribution < -0.4 is 0 Å². The summed E-state index contributed by atoms with van der Waals surface area (Å²) >= 11 is 4.75. The Balaban J connectivity index is 1.59. The predicted octanol–water partition coefficient (Wildman–Crippen LogP) is 6.29. The van der Waals surface area contributed by atoms with Crippen LogP contribution >= 0.6 is 27.7 Å². The number of hydrogen-bond acceptors (Lipinski definition) is 4. The fraction of sp³-hybridized carbons (Fsp3) is 0.300. The molecule has 0 amide bonds. The molecule has 0 fully saturated rings. The molecule has 0 bridgehead atoms. The monoisotopic (exact) mass is 471 g/mol. The van der Waals surface area contributed by atoms with Crippen molar-refractivity contribution >= 4 is 39.0 Å². The summed E-state index contributed by atoms with van der Waals surface area (Å²) in [5.41, 5.74) is 0.275. The van der Waals surface area contributed by atoms with Crippen molar-refractivity contribution in [2.45, 2.75) is 30.5 Å². The van der Waals surface area contributed by atoms with Crippen molar-refractivity contribution in [1.29, 1.82) is 0 Å². The Morgan fingerprint density at radius 3 is 2.54 bits per heavy atom. The molecular weight excluding hydrogens is 455 g/mol. The summed E-state index contributed by atoms with van der Waals surface area (Å²) in [5, 5.41) is 10.9. The first-order valence-electron chi connectivity index (χ1n) is 8.62. The maximum absolute atomic E-state index is 12.6. The van der Waals surface area contributed by atoms with Crippen molar-refractivity contribution in [3.05, 3.63) is 64.0 Å². The highest BCUT2D eigenvalue weighted by Crippen LogP contribution is 2.37. The molecule has 1 atom stereocenters. The van der Waals surface area contributed by atoms with Crippen LogP contribution in [0.1, 0.15) is 30.4 Å². The van der Waals surface area contributed by atoms with Crippen molar-refractivity contribution in [3.63, 3.8) is 0 Å². The second kappa shape index (κ2) is 8.69. The van der Waals surface area contributed by atoms with E-state index >= 15 is 0 Å². The van der Waals surface area contributed by atoms with E-state index in [0.29, 0.717) is 41.2 Å². The lowest BCUT2D eigenvalue weighted by Gasteiger charge is -2.24. The lowest BCUT2D eigenvalue weighted by molar-refractivity contribution is -0.137. The number of ketones is 1. The minimum Gasteiger partial charge on any atom is -0.512 e. The van der Waals surface area contributed by atoms with Crippen molar-refractivity contribution in [3.8, 4) is 0 Å². The number of Topliss-reactive ketones (excluding diaryl/α,β-unsaturated/α-hetero) is 1. The van der Waals surface area contributed by atoms with Crippen molar-refractivity contribution < 1.29 is 23.1 Å². The Hall–Kier alpha value is -1.80. The lowest BCUT2D eigenvalue weighted by atomic mass is 9.83. The second-order valence-corrected chi connectivity index (χ2v) is 8.49. The zero-order valence-corrected chi connectivity index (χ0v) is 17.1. The van der Waals surface area contributed by atoms with Gasteiger partial charge in [0.05, 0.1) is 16.2 Å². The van der Waals surface area contributed by atoms with Gasteiger partial charge in [0.1, 0.15) is 5.76 Å². The van der Waals surface area contributed by atoms with Gasteiger partial charge in [-0.15, -0.1) is 11.8 Å². The number of carbonyl (C=O) groups is 1. The molecule has 1 aliphatic carbocycles. The van der Waals surface area contributed by atoms with Gasteiger partial charge >= 0.3 is 6.18 Å². The van der Waals surface area contributed by atoms with Crippen LogP contribution in [0.4, 0.5) is 13.2 Å². The van der Waals surface area contributed by atoms with Gasteiger partial charge in [-0.05, 0) is 36.3 Å². The molecule has 0 radical (unpaired) electrons. The van der Waals surface area contributed by atoms with E-state index in [1.165, 1.54) is 17.8 Å². The van der Waals surface area contributed by atoms with Crippen LogP contribution in [-0.2, 0) is 11.0 Å². The van der Waals surface area contributed by atoms with Crippen LogP contribution in [0, 0.1) is 5.92 Å². The minimum atomic E-state index is -4.39. The number of pyridine rings is 1. The standard InChI is InChI=1S/C20H17BrF3NO2S/c21-15-4-2-1-3-14(15)19-16(26)9-12(10-17(19)27)7-8-28-18-6-5-13(11-25-18)20(22,23)24/h1-6,11-12,26H,7-10H2. The first-order valence-corrected chi connectivity index (χ1v) is 10.4. The number of alkyl halides is 3. The molecule has 148 valence electrons. The summed E-state index contributed by atoms with van der Waals surface area (Å²) in [5.74, 6) is 0.596. The van der Waals surface area contributed by atoms with Crippen LogP contribution in [-0.4, -0.2) is 21.6 Å². The normalized spacial score (nSPS) is 17.9.